The Morgan fingerprint density at radius 1 is 1.47 bits per heavy atom. The number of hydrogen-bond acceptors (Lipinski definition) is 3. The van der Waals surface area contributed by atoms with Crippen molar-refractivity contribution in [2.75, 3.05) is 26.7 Å². The summed E-state index contributed by atoms with van der Waals surface area (Å²) in [5.74, 6) is 0.413. The van der Waals surface area contributed by atoms with E-state index < -0.39 is 10.0 Å². The van der Waals surface area contributed by atoms with Crippen molar-refractivity contribution < 1.29 is 8.42 Å². The van der Waals surface area contributed by atoms with Crippen LogP contribution in [0.4, 0.5) is 0 Å². The second-order valence-corrected chi connectivity index (χ2v) is 7.80. The highest BCUT2D eigenvalue weighted by atomic mass is 79.9. The van der Waals surface area contributed by atoms with Gasteiger partial charge in [0, 0.05) is 17.6 Å². The summed E-state index contributed by atoms with van der Waals surface area (Å²) < 4.78 is 28.0. The summed E-state index contributed by atoms with van der Waals surface area (Å²) in [4.78, 5) is 2.56. The van der Waals surface area contributed by atoms with Crippen LogP contribution in [0, 0.1) is 12.8 Å². The lowest BCUT2D eigenvalue weighted by Gasteiger charge is -2.12. The maximum Gasteiger partial charge on any atom is 0.240 e. The minimum absolute atomic E-state index is 0.333. The molecule has 4 nitrogen and oxygen atoms in total. The van der Waals surface area contributed by atoms with E-state index in [-0.39, 0.29) is 0 Å². The van der Waals surface area contributed by atoms with Crippen LogP contribution in [0.5, 0.6) is 0 Å². The Bertz CT molecular complexity index is 560. The van der Waals surface area contributed by atoms with E-state index in [4.69, 9.17) is 0 Å². The molecule has 1 saturated heterocycles. The van der Waals surface area contributed by atoms with Crippen LogP contribution in [0.15, 0.2) is 27.6 Å². The Hall–Kier alpha value is -0.430. The highest BCUT2D eigenvalue weighted by Crippen LogP contribution is 2.20. The molecule has 1 atom stereocenters. The Morgan fingerprint density at radius 2 is 2.21 bits per heavy atom. The largest absolute Gasteiger partial charge is 0.306 e. The van der Waals surface area contributed by atoms with Gasteiger partial charge in [-0.25, -0.2) is 13.1 Å². The normalized spacial score (nSPS) is 20.9. The second-order valence-electron chi connectivity index (χ2n) is 5.18. The fraction of sp³-hybridized carbons (Fsp3) is 0.538. The highest BCUT2D eigenvalue weighted by molar-refractivity contribution is 9.10. The smallest absolute Gasteiger partial charge is 0.240 e. The highest BCUT2D eigenvalue weighted by Gasteiger charge is 2.22. The van der Waals surface area contributed by atoms with Crippen molar-refractivity contribution in [1.82, 2.24) is 9.62 Å². The van der Waals surface area contributed by atoms with Crippen molar-refractivity contribution in [3.8, 4) is 0 Å². The third-order valence-corrected chi connectivity index (χ3v) is 5.80. The van der Waals surface area contributed by atoms with E-state index in [0.29, 0.717) is 17.4 Å². The lowest BCUT2D eigenvalue weighted by Crippen LogP contribution is -2.30. The minimum Gasteiger partial charge on any atom is -0.306 e. The number of halogens is 1. The van der Waals surface area contributed by atoms with E-state index >= 15 is 0 Å². The first-order valence-corrected chi connectivity index (χ1v) is 8.60. The first kappa shape index (κ1) is 15.0. The molecule has 0 aliphatic carbocycles. The molecule has 1 aromatic carbocycles. The number of nitrogens with one attached hydrogen (secondary N) is 1. The number of benzene rings is 1. The lowest BCUT2D eigenvalue weighted by molar-refractivity contribution is 0.394. The molecule has 0 radical (unpaired) electrons. The van der Waals surface area contributed by atoms with E-state index in [1.807, 2.05) is 6.92 Å². The molecule has 0 amide bonds. The van der Waals surface area contributed by atoms with Gasteiger partial charge in [-0.1, -0.05) is 15.9 Å². The van der Waals surface area contributed by atoms with E-state index in [2.05, 4.69) is 32.6 Å². The zero-order valence-corrected chi connectivity index (χ0v) is 13.6. The van der Waals surface area contributed by atoms with Gasteiger partial charge in [0.1, 0.15) is 0 Å². The van der Waals surface area contributed by atoms with E-state index in [1.54, 1.807) is 18.2 Å². The summed E-state index contributed by atoms with van der Waals surface area (Å²) in [6, 6.07) is 5.08. The van der Waals surface area contributed by atoms with Crippen LogP contribution in [-0.2, 0) is 10.0 Å². The van der Waals surface area contributed by atoms with Crippen LogP contribution >= 0.6 is 15.9 Å². The average Bonchev–Trinajstić information content (AvgIpc) is 2.76. The van der Waals surface area contributed by atoms with Gasteiger partial charge >= 0.3 is 0 Å². The molecule has 0 bridgehead atoms. The van der Waals surface area contributed by atoms with Gasteiger partial charge in [0.2, 0.25) is 10.0 Å². The SMILES string of the molecule is Cc1cc(S(=O)(=O)NCC2CCN(C)C2)ccc1Br. The van der Waals surface area contributed by atoms with Crippen LogP contribution in [0.2, 0.25) is 0 Å². The molecule has 1 fully saturated rings. The van der Waals surface area contributed by atoms with Crippen molar-refractivity contribution in [3.05, 3.63) is 28.2 Å². The van der Waals surface area contributed by atoms with Gasteiger partial charge in [0.15, 0.2) is 0 Å². The molecule has 0 aromatic heterocycles. The van der Waals surface area contributed by atoms with Gasteiger partial charge in [0.25, 0.3) is 0 Å². The summed E-state index contributed by atoms with van der Waals surface area (Å²) in [5.41, 5.74) is 0.920. The fourth-order valence-electron chi connectivity index (χ4n) is 2.29. The number of likely N-dealkylation sites (tertiary alicyclic amines) is 1. The summed E-state index contributed by atoms with van der Waals surface area (Å²) in [7, 11) is -1.33. The Labute approximate surface area is 123 Å². The Morgan fingerprint density at radius 3 is 2.79 bits per heavy atom. The molecule has 0 saturated carbocycles. The van der Waals surface area contributed by atoms with Gasteiger partial charge in [-0.15, -0.1) is 0 Å². The molecular formula is C13H19BrN2O2S. The van der Waals surface area contributed by atoms with E-state index in [1.165, 1.54) is 0 Å². The summed E-state index contributed by atoms with van der Waals surface area (Å²) in [5, 5.41) is 0. The van der Waals surface area contributed by atoms with Crippen LogP contribution in [0.25, 0.3) is 0 Å². The molecule has 1 aliphatic rings. The first-order valence-electron chi connectivity index (χ1n) is 6.33. The molecule has 19 heavy (non-hydrogen) atoms. The van der Waals surface area contributed by atoms with Crippen molar-refractivity contribution in [2.45, 2.75) is 18.2 Å². The van der Waals surface area contributed by atoms with Gasteiger partial charge < -0.3 is 4.90 Å². The number of aryl methyl sites for hydroxylation is 1. The lowest BCUT2D eigenvalue weighted by atomic mass is 10.1. The molecule has 0 spiro atoms. The molecule has 6 heteroatoms. The topological polar surface area (TPSA) is 49.4 Å². The first-order chi connectivity index (χ1) is 8.88. The number of hydrogen-bond donors (Lipinski definition) is 1. The molecule has 1 N–H and O–H groups in total. The summed E-state index contributed by atoms with van der Waals surface area (Å²) in [6.07, 6.45) is 1.05. The molecule has 1 heterocycles. The minimum atomic E-state index is -3.39. The maximum absolute atomic E-state index is 12.2. The molecular weight excluding hydrogens is 328 g/mol. The molecule has 2 rings (SSSR count). The van der Waals surface area contributed by atoms with E-state index in [0.717, 1.165) is 29.5 Å². The maximum atomic E-state index is 12.2. The van der Waals surface area contributed by atoms with E-state index in [9.17, 15) is 8.42 Å². The van der Waals surface area contributed by atoms with Crippen molar-refractivity contribution in [3.63, 3.8) is 0 Å². The number of nitrogens with zero attached hydrogens (tertiary/aromatic N) is 1. The third-order valence-electron chi connectivity index (χ3n) is 3.49. The van der Waals surface area contributed by atoms with Crippen molar-refractivity contribution in [1.29, 1.82) is 0 Å². The summed E-state index contributed by atoms with van der Waals surface area (Å²) >= 11 is 3.37. The Balaban J connectivity index is 2.03. The zero-order valence-electron chi connectivity index (χ0n) is 11.2. The fourth-order valence-corrected chi connectivity index (χ4v) is 3.74. The average molecular weight is 347 g/mol. The molecule has 106 valence electrons. The number of sulfonamides is 1. The van der Waals surface area contributed by atoms with Crippen LogP contribution in [-0.4, -0.2) is 40.0 Å². The predicted molar refractivity (Wildman–Crippen MR) is 79.7 cm³/mol. The van der Waals surface area contributed by atoms with Crippen LogP contribution < -0.4 is 4.72 Å². The van der Waals surface area contributed by atoms with Gasteiger partial charge in [-0.2, -0.15) is 0 Å². The quantitative estimate of drug-likeness (QED) is 0.906. The Kier molecular flexibility index (Phi) is 4.66. The van der Waals surface area contributed by atoms with Crippen LogP contribution in [0.3, 0.4) is 0 Å². The molecule has 1 aromatic rings. The monoisotopic (exact) mass is 346 g/mol. The van der Waals surface area contributed by atoms with Gasteiger partial charge in [0.05, 0.1) is 4.90 Å². The third kappa shape index (κ3) is 3.78. The molecule has 1 unspecified atom stereocenters. The van der Waals surface area contributed by atoms with Crippen molar-refractivity contribution >= 4 is 26.0 Å². The standard InChI is InChI=1S/C13H19BrN2O2S/c1-10-7-12(3-4-13(10)14)19(17,18)15-8-11-5-6-16(2)9-11/h3-4,7,11,15H,5-6,8-9H2,1-2H3. The summed E-state index contributed by atoms with van der Waals surface area (Å²) in [6.45, 7) is 4.41. The van der Waals surface area contributed by atoms with Gasteiger partial charge in [-0.05, 0) is 56.6 Å². The number of rotatable bonds is 4. The zero-order chi connectivity index (χ0) is 14.0. The van der Waals surface area contributed by atoms with Crippen molar-refractivity contribution in [2.24, 2.45) is 5.92 Å². The van der Waals surface area contributed by atoms with Gasteiger partial charge in [-0.3, -0.25) is 0 Å². The predicted octanol–water partition coefficient (Wildman–Crippen LogP) is 1.99. The molecule has 1 aliphatic heterocycles. The van der Waals surface area contributed by atoms with Crippen LogP contribution in [0.1, 0.15) is 12.0 Å². The second kappa shape index (κ2) is 5.91.